The van der Waals surface area contributed by atoms with Crippen LogP contribution >= 0.6 is 96.2 Å². The summed E-state index contributed by atoms with van der Waals surface area (Å²) >= 11 is 13.5. The van der Waals surface area contributed by atoms with Crippen molar-refractivity contribution in [3.05, 3.63) is 101 Å². The van der Waals surface area contributed by atoms with Crippen molar-refractivity contribution in [3.8, 4) is 0 Å². The van der Waals surface area contributed by atoms with E-state index in [1.54, 1.807) is 0 Å². The molecule has 0 aliphatic heterocycles. The van der Waals surface area contributed by atoms with Crippen molar-refractivity contribution in [2.75, 3.05) is 17.8 Å². The lowest BCUT2D eigenvalue weighted by atomic mass is 10.2. The van der Waals surface area contributed by atoms with E-state index in [-0.39, 0.29) is 76.3 Å². The van der Waals surface area contributed by atoms with Gasteiger partial charge in [-0.2, -0.15) is 32.8 Å². The summed E-state index contributed by atoms with van der Waals surface area (Å²) in [5.41, 5.74) is -0.831. The number of aliphatic hydroxyl groups excluding tert-OH is 1. The molecule has 0 saturated carbocycles. The van der Waals surface area contributed by atoms with Gasteiger partial charge in [0.05, 0.1) is 25.0 Å². The molecular formula is C33H41Br3F7IN2O10S3. The number of hydrogen-bond donors (Lipinski definition) is 6. The number of hydrogen-bond acceptors (Lipinski definition) is 10. The van der Waals surface area contributed by atoms with Crippen LogP contribution < -0.4 is 10.6 Å². The molecule has 2 atom stereocenters. The Balaban J connectivity index is -0.000000227. The first kappa shape index (κ1) is 63.4. The van der Waals surface area contributed by atoms with Crippen LogP contribution in [0.25, 0.3) is 0 Å². The lowest BCUT2D eigenvalue weighted by Gasteiger charge is -2.13. The third-order valence-electron chi connectivity index (χ3n) is 5.96. The number of carbonyl (C=O) groups is 4. The van der Waals surface area contributed by atoms with Gasteiger partial charge in [0.1, 0.15) is 47.0 Å². The van der Waals surface area contributed by atoms with Gasteiger partial charge in [0.15, 0.2) is 0 Å². The van der Waals surface area contributed by atoms with Crippen LogP contribution in [-0.4, -0.2) is 77.3 Å². The lowest BCUT2D eigenvalue weighted by Crippen LogP contribution is -2.41. The van der Waals surface area contributed by atoms with Crippen molar-refractivity contribution >= 4 is 130 Å². The van der Waals surface area contributed by atoms with Crippen LogP contribution in [-0.2, 0) is 52.4 Å². The molecule has 0 heterocycles. The first-order valence-electron chi connectivity index (χ1n) is 14.9. The highest BCUT2D eigenvalue weighted by Gasteiger charge is 2.20. The molecule has 0 saturated heterocycles. The number of thioether (sulfide) groups is 1. The van der Waals surface area contributed by atoms with Crippen LogP contribution in [0.15, 0.2) is 49.8 Å². The number of benzene rings is 3. The Morgan fingerprint density at radius 1 is 0.746 bits per heavy atom. The topological polar surface area (TPSA) is 196 Å². The van der Waals surface area contributed by atoms with E-state index < -0.39 is 93.7 Å². The second-order valence-corrected chi connectivity index (χ2v) is 16.3. The highest BCUT2D eigenvalue weighted by molar-refractivity contribution is 14.0. The molecule has 2 unspecified atom stereocenters. The number of amides is 2. The number of thiol groups is 1. The maximum absolute atomic E-state index is 13.5. The summed E-state index contributed by atoms with van der Waals surface area (Å²) in [6, 6.07) is 4.60. The second-order valence-electron chi connectivity index (χ2n) is 10.5. The zero-order valence-electron chi connectivity index (χ0n) is 29.8. The molecule has 0 bridgehead atoms. The fourth-order valence-electron chi connectivity index (χ4n) is 3.44. The molecule has 0 radical (unpaired) electrons. The largest absolute Gasteiger partial charge is 0.480 e. The number of aliphatic carboxylic acids is 2. The fourth-order valence-corrected chi connectivity index (χ4v) is 6.28. The summed E-state index contributed by atoms with van der Waals surface area (Å²) in [6.07, 6.45) is 0.807. The van der Waals surface area contributed by atoms with Gasteiger partial charge in [-0.15, -0.1) is 24.0 Å². The van der Waals surface area contributed by atoms with E-state index in [2.05, 4.69) is 75.2 Å². The van der Waals surface area contributed by atoms with Gasteiger partial charge in [-0.3, -0.25) is 18.5 Å². The molecule has 2 amide bonds. The number of nitrogens with one attached hydrogen (secondary N) is 2. The van der Waals surface area contributed by atoms with Crippen molar-refractivity contribution in [1.82, 2.24) is 10.6 Å². The van der Waals surface area contributed by atoms with E-state index in [1.165, 1.54) is 13.8 Å². The molecule has 5 N–H and O–H groups in total. The molecule has 3 rings (SSSR count). The summed E-state index contributed by atoms with van der Waals surface area (Å²) in [4.78, 5) is 42.2. The van der Waals surface area contributed by atoms with Gasteiger partial charge in [-0.1, -0.05) is 55.2 Å². The summed E-state index contributed by atoms with van der Waals surface area (Å²) < 4.78 is 105. The SMILES string of the molecule is C.CC(=O)NC(CS)C(=O)O.CC(=O)NC(CSCc1c(F)cc(Br)cc1F)C(=O)O.CS(=O)(=O)OCc1c(F)cc(Br)cc1F.F.I.OCc1c(F)cc(Br)cc1F.[HH]. The Morgan fingerprint density at radius 3 is 1.34 bits per heavy atom. The average Bonchev–Trinajstić information content (AvgIpc) is 3.03. The second kappa shape index (κ2) is 31.6. The monoisotopic (exact) mass is 1220 g/mol. The summed E-state index contributed by atoms with van der Waals surface area (Å²) in [6.45, 7) is 1.20. The van der Waals surface area contributed by atoms with Gasteiger partial charge in [-0.05, 0) is 36.4 Å². The molecule has 12 nitrogen and oxygen atoms in total. The van der Waals surface area contributed by atoms with Gasteiger partial charge < -0.3 is 26.0 Å². The van der Waals surface area contributed by atoms with Crippen molar-refractivity contribution in [1.29, 1.82) is 0 Å². The van der Waals surface area contributed by atoms with Crippen molar-refractivity contribution < 1.29 is 79.6 Å². The summed E-state index contributed by atoms with van der Waals surface area (Å²) in [5.74, 6) is -7.57. The Hall–Kier alpha value is -2.21. The molecule has 338 valence electrons. The van der Waals surface area contributed by atoms with Gasteiger partial charge in [0.2, 0.25) is 11.8 Å². The van der Waals surface area contributed by atoms with Crippen molar-refractivity contribution in [3.63, 3.8) is 0 Å². The summed E-state index contributed by atoms with van der Waals surface area (Å²) in [5, 5.41) is 30.2. The lowest BCUT2D eigenvalue weighted by molar-refractivity contribution is -0.141. The molecule has 26 heteroatoms. The van der Waals surface area contributed by atoms with E-state index in [9.17, 15) is 53.9 Å². The number of halogens is 11. The molecule has 3 aromatic carbocycles. The quantitative estimate of drug-likeness (QED) is 0.0419. The normalized spacial score (nSPS) is 11.0. The minimum absolute atomic E-state index is 0. The predicted octanol–water partition coefficient (Wildman–Crippen LogP) is 8.13. The van der Waals surface area contributed by atoms with Crippen LogP contribution in [0.2, 0.25) is 0 Å². The molecule has 0 fully saturated rings. The molecule has 59 heavy (non-hydrogen) atoms. The first-order chi connectivity index (χ1) is 25.8. The maximum atomic E-state index is 13.5. The van der Waals surface area contributed by atoms with Gasteiger partial charge in [0.25, 0.3) is 10.1 Å². The average molecular weight is 1220 g/mol. The van der Waals surface area contributed by atoms with E-state index in [1.807, 2.05) is 0 Å². The third kappa shape index (κ3) is 26.7. The van der Waals surface area contributed by atoms with Crippen LogP contribution in [0, 0.1) is 34.9 Å². The Labute approximate surface area is 388 Å². The third-order valence-corrected chi connectivity index (χ3v) is 9.30. The van der Waals surface area contributed by atoms with Crippen LogP contribution in [0.3, 0.4) is 0 Å². The smallest absolute Gasteiger partial charge is 0.327 e. The molecule has 3 aromatic rings. The zero-order chi connectivity index (χ0) is 43.5. The van der Waals surface area contributed by atoms with Crippen LogP contribution in [0.5, 0.6) is 0 Å². The molecule has 0 aliphatic carbocycles. The van der Waals surface area contributed by atoms with E-state index in [4.69, 9.17) is 15.3 Å². The Morgan fingerprint density at radius 2 is 1.07 bits per heavy atom. The number of aliphatic hydroxyl groups is 1. The van der Waals surface area contributed by atoms with Crippen LogP contribution in [0.4, 0.5) is 31.0 Å². The zero-order valence-corrected chi connectivity index (χ0v) is 39.5. The standard InChI is InChI=1S/C12H12BrF2NO3S.C8H7BrF2O3S.C7H5BrF2O.C5H9NO3S.CH4.FH.HI.H2/c1-6(17)16-11(12(18)19)5-20-4-8-9(14)2-7(13)3-10(8)15;1-15(12,13)14-4-6-7(10)2-5(9)3-8(6)11;8-4-1-6(9)5(3-11)7(10)2-4;1-3(7)6-4(2-10)5(8)9;;;;/h2-3,11H,4-5H2,1H3,(H,16,17)(H,18,19);2-3H,4H2,1H3;1-2,11H,3H2;4,10H,2H2,1H3,(H,6,7)(H,8,9);1H4;3*1H. The molecular weight excluding hydrogens is 1180 g/mol. The summed E-state index contributed by atoms with van der Waals surface area (Å²) in [7, 11) is -3.71. The number of carbonyl (C=O) groups excluding carboxylic acids is 2. The fraction of sp³-hybridized carbons (Fsp3) is 0.333. The van der Waals surface area contributed by atoms with E-state index in [0.717, 1.165) is 54.4 Å². The molecule has 0 aromatic heterocycles. The Bertz CT molecular complexity index is 1900. The highest BCUT2D eigenvalue weighted by atomic mass is 127. The Kier molecular flexibility index (Phi) is 34.0. The van der Waals surface area contributed by atoms with Crippen molar-refractivity contribution in [2.45, 2.75) is 52.3 Å². The number of carboxylic acid groups (broad SMARTS) is 2. The maximum Gasteiger partial charge on any atom is 0.327 e. The minimum atomic E-state index is -3.71. The molecule has 0 aliphatic rings. The van der Waals surface area contributed by atoms with Gasteiger partial charge in [0, 0.05) is 57.1 Å². The van der Waals surface area contributed by atoms with E-state index >= 15 is 0 Å². The van der Waals surface area contributed by atoms with Gasteiger partial charge in [-0.25, -0.2) is 35.9 Å². The van der Waals surface area contributed by atoms with E-state index in [0.29, 0.717) is 8.95 Å². The number of rotatable bonds is 13. The highest BCUT2D eigenvalue weighted by Crippen LogP contribution is 2.24. The molecule has 0 spiro atoms. The van der Waals surface area contributed by atoms with Crippen molar-refractivity contribution in [2.24, 2.45) is 0 Å². The number of carboxylic acids is 2. The predicted molar refractivity (Wildman–Crippen MR) is 235 cm³/mol. The minimum Gasteiger partial charge on any atom is -0.480 e. The van der Waals surface area contributed by atoms with Gasteiger partial charge >= 0.3 is 11.9 Å². The van der Waals surface area contributed by atoms with Crippen LogP contribution in [0.1, 0.15) is 39.4 Å². The first-order valence-corrected chi connectivity index (χ1v) is 20.8.